The predicted octanol–water partition coefficient (Wildman–Crippen LogP) is 5.09. The molecule has 0 saturated carbocycles. The van der Waals surface area contributed by atoms with Crippen LogP contribution in [0, 0.1) is 5.82 Å². The van der Waals surface area contributed by atoms with Crippen molar-refractivity contribution >= 4 is 43.5 Å². The molecule has 106 valence electrons. The molecule has 0 saturated heterocycles. The summed E-state index contributed by atoms with van der Waals surface area (Å²) < 4.78 is 20.4. The van der Waals surface area contributed by atoms with Gasteiger partial charge in [-0.25, -0.2) is 4.39 Å². The molecule has 2 aromatic carbocycles. The summed E-state index contributed by atoms with van der Waals surface area (Å²) >= 11 is 12.5. The van der Waals surface area contributed by atoms with Crippen LogP contribution in [0.4, 0.5) is 4.39 Å². The number of halogens is 4. The van der Waals surface area contributed by atoms with E-state index < -0.39 is 11.9 Å². The van der Waals surface area contributed by atoms with Crippen molar-refractivity contribution in [3.8, 4) is 5.75 Å². The fourth-order valence-electron chi connectivity index (χ4n) is 1.89. The van der Waals surface area contributed by atoms with E-state index in [0.717, 1.165) is 0 Å². The first-order chi connectivity index (χ1) is 9.43. The van der Waals surface area contributed by atoms with Gasteiger partial charge in [0.25, 0.3) is 0 Å². The molecule has 0 amide bonds. The smallest absolute Gasteiger partial charge is 0.139 e. The molecule has 0 aliphatic rings. The third kappa shape index (κ3) is 3.17. The van der Waals surface area contributed by atoms with Gasteiger partial charge in [0, 0.05) is 20.6 Å². The Morgan fingerprint density at radius 3 is 2.50 bits per heavy atom. The molecular weight excluding hydrogens is 414 g/mol. The van der Waals surface area contributed by atoms with Crippen LogP contribution in [0.5, 0.6) is 5.75 Å². The third-order valence-corrected chi connectivity index (χ3v) is 4.09. The predicted molar refractivity (Wildman–Crippen MR) is 83.9 cm³/mol. The topological polar surface area (TPSA) is 29.5 Å². The van der Waals surface area contributed by atoms with Gasteiger partial charge in [-0.15, -0.1) is 0 Å². The number of benzene rings is 2. The number of aliphatic hydroxyl groups is 1. The zero-order valence-electron chi connectivity index (χ0n) is 10.3. The van der Waals surface area contributed by atoms with Gasteiger partial charge in [0.15, 0.2) is 0 Å². The van der Waals surface area contributed by atoms with Crippen LogP contribution in [0.15, 0.2) is 39.3 Å². The minimum absolute atomic E-state index is 0.153. The van der Waals surface area contributed by atoms with Gasteiger partial charge in [0.1, 0.15) is 17.7 Å². The van der Waals surface area contributed by atoms with Gasteiger partial charge in [-0.1, -0.05) is 33.6 Å². The zero-order valence-corrected chi connectivity index (χ0v) is 14.3. The molecule has 1 N–H and O–H groups in total. The summed E-state index contributed by atoms with van der Waals surface area (Å²) in [5.74, 6) is -0.0887. The van der Waals surface area contributed by atoms with E-state index in [2.05, 4.69) is 31.9 Å². The standard InChI is InChI=1S/C14H10Br2ClFO2/c1-20-14-10(5-8(17)6-11(14)16)13(19)9-3-2-7(15)4-12(9)18/h2-6,13,19H,1H3. The molecule has 2 rings (SSSR count). The highest BCUT2D eigenvalue weighted by Gasteiger charge is 2.21. The lowest BCUT2D eigenvalue weighted by Crippen LogP contribution is -2.05. The van der Waals surface area contributed by atoms with Crippen LogP contribution in [-0.4, -0.2) is 12.2 Å². The summed E-state index contributed by atoms with van der Waals surface area (Å²) in [6.45, 7) is 0. The van der Waals surface area contributed by atoms with Crippen molar-refractivity contribution < 1.29 is 14.2 Å². The maximum absolute atomic E-state index is 13.9. The van der Waals surface area contributed by atoms with Crippen molar-refractivity contribution in [3.63, 3.8) is 0 Å². The molecule has 0 aliphatic carbocycles. The SMILES string of the molecule is COc1c(Br)cc(Cl)cc1C(O)c1ccc(Br)cc1F. The summed E-state index contributed by atoms with van der Waals surface area (Å²) in [4.78, 5) is 0. The quantitative estimate of drug-likeness (QED) is 0.743. The van der Waals surface area contributed by atoms with E-state index in [9.17, 15) is 9.50 Å². The second-order valence-corrected chi connectivity index (χ2v) is 6.28. The molecule has 1 atom stereocenters. The van der Waals surface area contributed by atoms with Crippen molar-refractivity contribution in [2.75, 3.05) is 7.11 Å². The van der Waals surface area contributed by atoms with Crippen LogP contribution in [-0.2, 0) is 0 Å². The normalized spacial score (nSPS) is 12.3. The van der Waals surface area contributed by atoms with E-state index in [1.54, 1.807) is 18.2 Å². The second kappa shape index (κ2) is 6.43. The summed E-state index contributed by atoms with van der Waals surface area (Å²) in [7, 11) is 1.47. The first-order valence-corrected chi connectivity index (χ1v) is 7.56. The van der Waals surface area contributed by atoms with Gasteiger partial charge >= 0.3 is 0 Å². The Balaban J connectivity index is 2.55. The monoisotopic (exact) mass is 422 g/mol. The molecule has 0 radical (unpaired) electrons. The Morgan fingerprint density at radius 1 is 1.20 bits per heavy atom. The van der Waals surface area contributed by atoms with Gasteiger partial charge in [-0.3, -0.25) is 0 Å². The minimum Gasteiger partial charge on any atom is -0.495 e. The number of hydrogen-bond donors (Lipinski definition) is 1. The molecule has 2 aromatic rings. The highest BCUT2D eigenvalue weighted by molar-refractivity contribution is 9.10. The first kappa shape index (κ1) is 15.8. The fourth-order valence-corrected chi connectivity index (χ4v) is 3.22. The van der Waals surface area contributed by atoms with Crippen LogP contribution >= 0.6 is 43.5 Å². The Labute approximate surface area is 137 Å². The average molecular weight is 424 g/mol. The van der Waals surface area contributed by atoms with Crippen LogP contribution in [0.3, 0.4) is 0 Å². The molecule has 0 aromatic heterocycles. The first-order valence-electron chi connectivity index (χ1n) is 5.60. The second-order valence-electron chi connectivity index (χ2n) is 4.08. The maximum atomic E-state index is 13.9. The Hall–Kier alpha value is -0.620. The van der Waals surface area contributed by atoms with E-state index >= 15 is 0 Å². The molecular formula is C14H10Br2ClFO2. The fraction of sp³-hybridized carbons (Fsp3) is 0.143. The molecule has 6 heteroatoms. The highest BCUT2D eigenvalue weighted by atomic mass is 79.9. The van der Waals surface area contributed by atoms with E-state index in [1.165, 1.54) is 19.2 Å². The Bertz CT molecular complexity index is 649. The average Bonchev–Trinajstić information content (AvgIpc) is 2.37. The summed E-state index contributed by atoms with van der Waals surface area (Å²) in [6, 6.07) is 7.67. The maximum Gasteiger partial charge on any atom is 0.139 e. The lowest BCUT2D eigenvalue weighted by Gasteiger charge is -2.17. The molecule has 0 bridgehead atoms. The molecule has 0 fully saturated rings. The summed E-state index contributed by atoms with van der Waals surface area (Å²) in [5.41, 5.74) is 0.550. The molecule has 1 unspecified atom stereocenters. The summed E-state index contributed by atoms with van der Waals surface area (Å²) in [5, 5.41) is 10.8. The largest absolute Gasteiger partial charge is 0.495 e. The van der Waals surface area contributed by atoms with Crippen LogP contribution in [0.1, 0.15) is 17.2 Å². The number of aliphatic hydroxyl groups excluding tert-OH is 1. The highest BCUT2D eigenvalue weighted by Crippen LogP contribution is 2.39. The van der Waals surface area contributed by atoms with E-state index in [1.807, 2.05) is 0 Å². The van der Waals surface area contributed by atoms with Gasteiger partial charge in [-0.05, 0) is 40.2 Å². The number of methoxy groups -OCH3 is 1. The van der Waals surface area contributed by atoms with Gasteiger partial charge in [-0.2, -0.15) is 0 Å². The third-order valence-electron chi connectivity index (χ3n) is 2.79. The Kier molecular flexibility index (Phi) is 5.07. The van der Waals surface area contributed by atoms with E-state index in [4.69, 9.17) is 16.3 Å². The van der Waals surface area contributed by atoms with Crippen molar-refractivity contribution in [2.45, 2.75) is 6.10 Å². The van der Waals surface area contributed by atoms with Crippen molar-refractivity contribution in [1.29, 1.82) is 0 Å². The minimum atomic E-state index is -1.17. The molecule has 2 nitrogen and oxygen atoms in total. The number of rotatable bonds is 3. The van der Waals surface area contributed by atoms with E-state index in [-0.39, 0.29) is 5.56 Å². The Morgan fingerprint density at radius 2 is 1.90 bits per heavy atom. The van der Waals surface area contributed by atoms with Crippen molar-refractivity contribution in [1.82, 2.24) is 0 Å². The van der Waals surface area contributed by atoms with Gasteiger partial charge in [0.2, 0.25) is 0 Å². The summed E-state index contributed by atoms with van der Waals surface area (Å²) in [6.07, 6.45) is -1.17. The van der Waals surface area contributed by atoms with Crippen molar-refractivity contribution in [2.24, 2.45) is 0 Å². The van der Waals surface area contributed by atoms with Crippen LogP contribution in [0.25, 0.3) is 0 Å². The lowest BCUT2D eigenvalue weighted by atomic mass is 10.00. The molecule has 0 aliphatic heterocycles. The van der Waals surface area contributed by atoms with Gasteiger partial charge < -0.3 is 9.84 Å². The molecule has 0 spiro atoms. The molecule has 0 heterocycles. The lowest BCUT2D eigenvalue weighted by molar-refractivity contribution is 0.209. The van der Waals surface area contributed by atoms with Crippen molar-refractivity contribution in [3.05, 3.63) is 61.2 Å². The van der Waals surface area contributed by atoms with Crippen LogP contribution in [0.2, 0.25) is 5.02 Å². The number of hydrogen-bond acceptors (Lipinski definition) is 2. The van der Waals surface area contributed by atoms with Gasteiger partial charge in [0.05, 0.1) is 11.6 Å². The van der Waals surface area contributed by atoms with Crippen LogP contribution < -0.4 is 4.74 Å². The number of ether oxygens (including phenoxy) is 1. The van der Waals surface area contributed by atoms with E-state index in [0.29, 0.717) is 25.3 Å². The zero-order chi connectivity index (χ0) is 14.9. The molecule has 20 heavy (non-hydrogen) atoms.